The predicted octanol–water partition coefficient (Wildman–Crippen LogP) is 5.05. The van der Waals surface area contributed by atoms with E-state index in [1.807, 2.05) is 29.6 Å². The Morgan fingerprint density at radius 3 is 2.73 bits per heavy atom. The lowest BCUT2D eigenvalue weighted by Crippen LogP contribution is -2.10. The van der Waals surface area contributed by atoms with Crippen molar-refractivity contribution < 1.29 is 18.4 Å². The number of methoxy groups -OCH3 is 1. The summed E-state index contributed by atoms with van der Waals surface area (Å²) in [5.74, 6) is -0.835. The first-order valence-corrected chi connectivity index (χ1v) is 10.1. The summed E-state index contributed by atoms with van der Waals surface area (Å²) < 4.78 is 23.6. The average Bonchev–Trinajstić information content (AvgIpc) is 3.43. The van der Waals surface area contributed by atoms with Crippen molar-refractivity contribution in [2.45, 2.75) is 6.42 Å². The maximum atomic E-state index is 13.4. The van der Waals surface area contributed by atoms with Gasteiger partial charge >= 0.3 is 0 Å². The molecular weight excluding hydrogens is 405 g/mol. The third-order valence-corrected chi connectivity index (χ3v) is 5.18. The van der Waals surface area contributed by atoms with Gasteiger partial charge in [-0.3, -0.25) is 10.1 Å². The molecular formula is C22H18FN3O3S. The van der Waals surface area contributed by atoms with Crippen molar-refractivity contribution >= 4 is 22.4 Å². The predicted molar refractivity (Wildman–Crippen MR) is 113 cm³/mol. The molecule has 152 valence electrons. The zero-order valence-electron chi connectivity index (χ0n) is 16.1. The van der Waals surface area contributed by atoms with Gasteiger partial charge in [0, 0.05) is 29.7 Å². The van der Waals surface area contributed by atoms with Crippen molar-refractivity contribution in [2.75, 3.05) is 19.0 Å². The molecule has 4 aromatic rings. The number of halogens is 1. The number of hydrogen-bond donors (Lipinski definition) is 1. The summed E-state index contributed by atoms with van der Waals surface area (Å²) in [6.45, 7) is 0.675. The van der Waals surface area contributed by atoms with E-state index >= 15 is 0 Å². The fraction of sp³-hybridized carbons (Fsp3) is 0.136. The van der Waals surface area contributed by atoms with Gasteiger partial charge in [-0.25, -0.2) is 9.37 Å². The van der Waals surface area contributed by atoms with Gasteiger partial charge in [-0.2, -0.15) is 0 Å². The quantitative estimate of drug-likeness (QED) is 0.450. The number of aromatic nitrogens is 2. The molecule has 1 amide bonds. The van der Waals surface area contributed by atoms with Gasteiger partial charge in [-0.05, 0) is 24.1 Å². The van der Waals surface area contributed by atoms with Crippen LogP contribution in [0, 0.1) is 5.82 Å². The molecule has 0 unspecified atom stereocenters. The van der Waals surface area contributed by atoms with Crippen LogP contribution >= 0.6 is 11.3 Å². The van der Waals surface area contributed by atoms with Crippen LogP contribution in [0.1, 0.15) is 16.1 Å². The molecule has 0 aliphatic heterocycles. The van der Waals surface area contributed by atoms with E-state index in [4.69, 9.17) is 9.26 Å². The van der Waals surface area contributed by atoms with Gasteiger partial charge < -0.3 is 9.26 Å². The van der Waals surface area contributed by atoms with Gasteiger partial charge in [0.15, 0.2) is 5.13 Å². The highest BCUT2D eigenvalue weighted by Crippen LogP contribution is 2.26. The number of carbonyl (C=O) groups excluding carboxylic acids is 1. The molecule has 8 heteroatoms. The molecule has 0 spiro atoms. The number of thiazole rings is 1. The lowest BCUT2D eigenvalue weighted by molar-refractivity contribution is 0.0988. The highest BCUT2D eigenvalue weighted by molar-refractivity contribution is 7.14. The van der Waals surface area contributed by atoms with Crippen LogP contribution in [0.4, 0.5) is 9.52 Å². The molecule has 0 bridgehead atoms. The number of benzene rings is 2. The Bertz CT molecular complexity index is 1150. The van der Waals surface area contributed by atoms with Crippen LogP contribution in [-0.4, -0.2) is 29.8 Å². The van der Waals surface area contributed by atoms with Crippen molar-refractivity contribution in [2.24, 2.45) is 0 Å². The fourth-order valence-electron chi connectivity index (χ4n) is 2.85. The van der Waals surface area contributed by atoms with Crippen LogP contribution in [0.3, 0.4) is 0 Å². The Balaban J connectivity index is 1.43. The van der Waals surface area contributed by atoms with Gasteiger partial charge in [0.05, 0.1) is 12.3 Å². The standard InChI is InChI=1S/C22H18FN3O3S/c1-28-10-9-14-5-7-15(8-6-14)19-13-30-22(24-19)25-21(27)20-12-18(26-29-20)16-3-2-4-17(23)11-16/h2-8,11-13H,9-10H2,1H3,(H,24,25,27). The summed E-state index contributed by atoms with van der Waals surface area (Å²) >= 11 is 1.32. The normalized spacial score (nSPS) is 10.9. The van der Waals surface area contributed by atoms with E-state index in [-0.39, 0.29) is 11.6 Å². The summed E-state index contributed by atoms with van der Waals surface area (Å²) in [5, 5.41) is 8.87. The molecule has 0 fully saturated rings. The Hall–Kier alpha value is -3.36. The second kappa shape index (κ2) is 8.98. The first-order chi connectivity index (χ1) is 14.6. The molecule has 1 N–H and O–H groups in total. The van der Waals surface area contributed by atoms with Crippen LogP contribution in [0.25, 0.3) is 22.5 Å². The van der Waals surface area contributed by atoms with E-state index in [1.54, 1.807) is 19.2 Å². The molecule has 0 saturated heterocycles. The molecule has 2 aromatic heterocycles. The van der Waals surface area contributed by atoms with Crippen LogP contribution in [0.15, 0.2) is 64.5 Å². The number of nitrogens with one attached hydrogen (secondary N) is 1. The van der Waals surface area contributed by atoms with Crippen molar-refractivity contribution in [3.05, 3.63) is 77.1 Å². The third kappa shape index (κ3) is 4.61. The smallest absolute Gasteiger partial charge is 0.296 e. The fourth-order valence-corrected chi connectivity index (χ4v) is 3.57. The van der Waals surface area contributed by atoms with Crippen LogP contribution in [0.2, 0.25) is 0 Å². The topological polar surface area (TPSA) is 77.2 Å². The van der Waals surface area contributed by atoms with E-state index in [0.29, 0.717) is 23.0 Å². The Morgan fingerprint density at radius 2 is 1.97 bits per heavy atom. The number of nitrogens with zero attached hydrogens (tertiary/aromatic N) is 2. The van der Waals surface area contributed by atoms with E-state index in [0.717, 1.165) is 17.7 Å². The maximum Gasteiger partial charge on any atom is 0.296 e. The molecule has 0 atom stereocenters. The Labute approximate surface area is 176 Å². The summed E-state index contributed by atoms with van der Waals surface area (Å²) in [4.78, 5) is 16.9. The van der Waals surface area contributed by atoms with Crippen molar-refractivity contribution in [1.29, 1.82) is 0 Å². The largest absolute Gasteiger partial charge is 0.384 e. The minimum atomic E-state index is -0.471. The first-order valence-electron chi connectivity index (χ1n) is 9.20. The number of anilines is 1. The molecule has 0 saturated carbocycles. The van der Waals surface area contributed by atoms with E-state index in [9.17, 15) is 9.18 Å². The Kier molecular flexibility index (Phi) is 5.97. The zero-order chi connectivity index (χ0) is 20.9. The van der Waals surface area contributed by atoms with Crippen LogP contribution < -0.4 is 5.32 Å². The molecule has 0 aliphatic rings. The summed E-state index contributed by atoms with van der Waals surface area (Å²) in [6, 6.07) is 15.5. The number of ether oxygens (including phenoxy) is 1. The number of rotatable bonds is 7. The summed E-state index contributed by atoms with van der Waals surface area (Å²) in [7, 11) is 1.68. The minimum absolute atomic E-state index is 0.0218. The second-order valence-electron chi connectivity index (χ2n) is 6.52. The van der Waals surface area contributed by atoms with Gasteiger partial charge in [-0.15, -0.1) is 11.3 Å². The molecule has 0 radical (unpaired) electrons. The first kappa shape index (κ1) is 19.9. The van der Waals surface area contributed by atoms with Gasteiger partial charge in [0.1, 0.15) is 11.5 Å². The van der Waals surface area contributed by atoms with Crippen molar-refractivity contribution in [3.63, 3.8) is 0 Å². The SMILES string of the molecule is COCCc1ccc(-c2csc(NC(=O)c3cc(-c4cccc(F)c4)no3)n2)cc1. The highest BCUT2D eigenvalue weighted by Gasteiger charge is 2.16. The molecule has 6 nitrogen and oxygen atoms in total. The lowest BCUT2D eigenvalue weighted by atomic mass is 10.1. The monoisotopic (exact) mass is 423 g/mol. The van der Waals surface area contributed by atoms with Gasteiger partial charge in [-0.1, -0.05) is 41.6 Å². The maximum absolute atomic E-state index is 13.4. The van der Waals surface area contributed by atoms with Gasteiger partial charge in [0.2, 0.25) is 5.76 Å². The summed E-state index contributed by atoms with van der Waals surface area (Å²) in [6.07, 6.45) is 0.851. The zero-order valence-corrected chi connectivity index (χ0v) is 16.9. The second-order valence-corrected chi connectivity index (χ2v) is 7.38. The highest BCUT2D eigenvalue weighted by atomic mass is 32.1. The third-order valence-electron chi connectivity index (χ3n) is 4.42. The molecule has 2 heterocycles. The number of carbonyl (C=O) groups is 1. The summed E-state index contributed by atoms with van der Waals surface area (Å²) in [5.41, 5.74) is 3.83. The molecule has 0 aliphatic carbocycles. The number of amides is 1. The average molecular weight is 423 g/mol. The lowest BCUT2D eigenvalue weighted by Gasteiger charge is -2.02. The van der Waals surface area contributed by atoms with Crippen molar-refractivity contribution in [3.8, 4) is 22.5 Å². The molecule has 2 aromatic carbocycles. The van der Waals surface area contributed by atoms with E-state index in [1.165, 1.54) is 35.1 Å². The van der Waals surface area contributed by atoms with E-state index < -0.39 is 5.91 Å². The van der Waals surface area contributed by atoms with Crippen LogP contribution in [0.5, 0.6) is 0 Å². The van der Waals surface area contributed by atoms with Crippen molar-refractivity contribution in [1.82, 2.24) is 10.1 Å². The van der Waals surface area contributed by atoms with Crippen LogP contribution in [-0.2, 0) is 11.2 Å². The molecule has 4 rings (SSSR count). The minimum Gasteiger partial charge on any atom is -0.384 e. The van der Waals surface area contributed by atoms with Gasteiger partial charge in [0.25, 0.3) is 5.91 Å². The molecule has 30 heavy (non-hydrogen) atoms. The Morgan fingerprint density at radius 1 is 1.13 bits per heavy atom. The van der Waals surface area contributed by atoms with E-state index in [2.05, 4.69) is 15.5 Å². The number of hydrogen-bond acceptors (Lipinski definition) is 6.